The van der Waals surface area contributed by atoms with Crippen LogP contribution < -0.4 is 4.74 Å². The fraction of sp³-hybridized carbons (Fsp3) is 0.125. The number of hydrogen-bond acceptors (Lipinski definition) is 5. The zero-order valence-corrected chi connectivity index (χ0v) is 16.8. The molecule has 0 radical (unpaired) electrons. The summed E-state index contributed by atoms with van der Waals surface area (Å²) in [5.74, 6) is -2.17. The van der Waals surface area contributed by atoms with Gasteiger partial charge in [-0.2, -0.15) is 0 Å². The molecule has 0 spiro atoms. The van der Waals surface area contributed by atoms with Crippen LogP contribution in [-0.2, 0) is 17.9 Å². The first-order valence-corrected chi connectivity index (χ1v) is 9.71. The topological polar surface area (TPSA) is 93.1 Å². The van der Waals surface area contributed by atoms with E-state index in [0.717, 1.165) is 0 Å². The first kappa shape index (κ1) is 21.0. The van der Waals surface area contributed by atoms with Gasteiger partial charge >= 0.3 is 11.9 Å². The number of carbonyl (C=O) groups excluding carboxylic acids is 2. The van der Waals surface area contributed by atoms with Crippen LogP contribution >= 0.6 is 0 Å². The molecule has 0 bridgehead atoms. The van der Waals surface area contributed by atoms with Crippen molar-refractivity contribution in [1.82, 2.24) is 4.90 Å². The lowest BCUT2D eigenvalue weighted by molar-refractivity contribution is 0.0468. The summed E-state index contributed by atoms with van der Waals surface area (Å²) in [7, 11) is 0. The maximum absolute atomic E-state index is 13.0. The summed E-state index contributed by atoms with van der Waals surface area (Å²) in [4.78, 5) is 38.2. The average molecular weight is 435 g/mol. The van der Waals surface area contributed by atoms with Crippen LogP contribution in [0, 0.1) is 5.82 Å². The Kier molecular flexibility index (Phi) is 5.85. The Labute approximate surface area is 182 Å². The third-order valence-electron chi connectivity index (χ3n) is 5.00. The second kappa shape index (κ2) is 8.89. The van der Waals surface area contributed by atoms with Crippen molar-refractivity contribution in [1.29, 1.82) is 0 Å². The summed E-state index contributed by atoms with van der Waals surface area (Å²) in [5.41, 5.74) is 1.54. The van der Waals surface area contributed by atoms with Crippen LogP contribution in [-0.4, -0.2) is 34.6 Å². The third-order valence-corrected chi connectivity index (χ3v) is 5.00. The van der Waals surface area contributed by atoms with E-state index in [4.69, 9.17) is 9.47 Å². The van der Waals surface area contributed by atoms with E-state index in [1.54, 1.807) is 18.2 Å². The summed E-state index contributed by atoms with van der Waals surface area (Å²) < 4.78 is 23.9. The van der Waals surface area contributed by atoms with Gasteiger partial charge in [0.15, 0.2) is 6.73 Å². The van der Waals surface area contributed by atoms with Crippen molar-refractivity contribution in [3.05, 3.63) is 100 Å². The highest BCUT2D eigenvalue weighted by atomic mass is 19.1. The fourth-order valence-electron chi connectivity index (χ4n) is 3.33. The number of nitrogens with zero attached hydrogens (tertiary/aromatic N) is 1. The van der Waals surface area contributed by atoms with Gasteiger partial charge in [-0.05, 0) is 47.5 Å². The molecule has 3 aromatic carbocycles. The highest BCUT2D eigenvalue weighted by Crippen LogP contribution is 2.28. The van der Waals surface area contributed by atoms with Crippen molar-refractivity contribution in [3.63, 3.8) is 0 Å². The van der Waals surface area contributed by atoms with Crippen LogP contribution in [0.2, 0.25) is 0 Å². The van der Waals surface area contributed by atoms with E-state index in [-0.39, 0.29) is 48.3 Å². The first-order valence-electron chi connectivity index (χ1n) is 9.71. The SMILES string of the molecule is O=C(OCc1ccc(F)cc1)c1ccc2c(c1)C(=O)N(Cc1ccccc1C(=O)O)CO2. The number of halogens is 1. The van der Waals surface area contributed by atoms with Crippen molar-refractivity contribution in [2.45, 2.75) is 13.2 Å². The van der Waals surface area contributed by atoms with Crippen LogP contribution in [0.25, 0.3) is 0 Å². The number of carboxylic acid groups (broad SMARTS) is 1. The van der Waals surface area contributed by atoms with E-state index < -0.39 is 11.9 Å². The molecular formula is C24H18FNO6. The molecule has 1 aliphatic heterocycles. The number of ether oxygens (including phenoxy) is 2. The molecule has 1 amide bonds. The van der Waals surface area contributed by atoms with E-state index in [0.29, 0.717) is 16.9 Å². The molecule has 1 aliphatic rings. The van der Waals surface area contributed by atoms with Gasteiger partial charge in [-0.15, -0.1) is 0 Å². The van der Waals surface area contributed by atoms with Crippen molar-refractivity contribution in [2.24, 2.45) is 0 Å². The largest absolute Gasteiger partial charge is 0.478 e. The summed E-state index contributed by atoms with van der Waals surface area (Å²) in [5, 5.41) is 9.36. The normalized spacial score (nSPS) is 12.7. The monoisotopic (exact) mass is 435 g/mol. The van der Waals surface area contributed by atoms with Crippen LogP contribution in [0.15, 0.2) is 66.7 Å². The quantitative estimate of drug-likeness (QED) is 0.591. The number of hydrogen-bond donors (Lipinski definition) is 1. The number of rotatable bonds is 6. The molecule has 0 saturated carbocycles. The molecule has 7 nitrogen and oxygen atoms in total. The second-order valence-corrected chi connectivity index (χ2v) is 7.15. The molecule has 8 heteroatoms. The van der Waals surface area contributed by atoms with Gasteiger partial charge in [0.05, 0.1) is 23.2 Å². The van der Waals surface area contributed by atoms with Crippen molar-refractivity contribution < 1.29 is 33.4 Å². The second-order valence-electron chi connectivity index (χ2n) is 7.15. The van der Waals surface area contributed by atoms with Gasteiger partial charge in [0.1, 0.15) is 18.2 Å². The van der Waals surface area contributed by atoms with Crippen LogP contribution in [0.1, 0.15) is 42.2 Å². The molecule has 0 atom stereocenters. The Morgan fingerprint density at radius 2 is 1.81 bits per heavy atom. The summed E-state index contributed by atoms with van der Waals surface area (Å²) in [6.45, 7) is -0.0487. The zero-order valence-electron chi connectivity index (χ0n) is 16.8. The molecule has 1 N–H and O–H groups in total. The maximum Gasteiger partial charge on any atom is 0.338 e. The minimum Gasteiger partial charge on any atom is -0.478 e. The number of aromatic carboxylic acids is 1. The summed E-state index contributed by atoms with van der Waals surface area (Å²) in [6, 6.07) is 16.4. The number of amides is 1. The fourth-order valence-corrected chi connectivity index (χ4v) is 3.33. The number of carbonyl (C=O) groups is 3. The lowest BCUT2D eigenvalue weighted by Crippen LogP contribution is -2.38. The maximum atomic E-state index is 13.0. The zero-order chi connectivity index (χ0) is 22.7. The van der Waals surface area contributed by atoms with Gasteiger partial charge < -0.3 is 19.5 Å². The minimum absolute atomic E-state index is 0.0417. The number of fused-ring (bicyclic) bond motifs is 1. The van der Waals surface area contributed by atoms with E-state index in [9.17, 15) is 23.9 Å². The molecule has 4 rings (SSSR count). The van der Waals surface area contributed by atoms with Gasteiger partial charge in [-0.25, -0.2) is 14.0 Å². The summed E-state index contributed by atoms with van der Waals surface area (Å²) in [6.07, 6.45) is 0. The van der Waals surface area contributed by atoms with Crippen LogP contribution in [0.5, 0.6) is 5.75 Å². The molecule has 0 saturated heterocycles. The molecule has 0 unspecified atom stereocenters. The Morgan fingerprint density at radius 3 is 2.56 bits per heavy atom. The Morgan fingerprint density at radius 1 is 1.06 bits per heavy atom. The lowest BCUT2D eigenvalue weighted by Gasteiger charge is -2.29. The number of esters is 1. The third kappa shape index (κ3) is 4.44. The molecule has 3 aromatic rings. The molecular weight excluding hydrogens is 417 g/mol. The summed E-state index contributed by atoms with van der Waals surface area (Å²) >= 11 is 0. The Bertz CT molecular complexity index is 1190. The lowest BCUT2D eigenvalue weighted by atomic mass is 10.0. The van der Waals surface area contributed by atoms with Gasteiger partial charge in [0.2, 0.25) is 0 Å². The van der Waals surface area contributed by atoms with Crippen molar-refractivity contribution >= 4 is 17.8 Å². The van der Waals surface area contributed by atoms with Gasteiger partial charge in [-0.1, -0.05) is 30.3 Å². The number of carboxylic acids is 1. The average Bonchev–Trinajstić information content (AvgIpc) is 2.80. The van der Waals surface area contributed by atoms with Crippen LogP contribution in [0.3, 0.4) is 0 Å². The Hall–Kier alpha value is -4.20. The van der Waals surface area contributed by atoms with Gasteiger partial charge in [0.25, 0.3) is 5.91 Å². The molecule has 0 aromatic heterocycles. The molecule has 32 heavy (non-hydrogen) atoms. The van der Waals surface area contributed by atoms with Crippen molar-refractivity contribution in [3.8, 4) is 5.75 Å². The van der Waals surface area contributed by atoms with Gasteiger partial charge in [0, 0.05) is 0 Å². The van der Waals surface area contributed by atoms with E-state index >= 15 is 0 Å². The molecule has 1 heterocycles. The highest BCUT2D eigenvalue weighted by Gasteiger charge is 2.28. The Balaban J connectivity index is 1.49. The molecule has 162 valence electrons. The van der Waals surface area contributed by atoms with E-state index in [1.165, 1.54) is 53.4 Å². The first-order chi connectivity index (χ1) is 15.4. The predicted octanol–water partition coefficient (Wildman–Crippen LogP) is 3.87. The number of benzene rings is 3. The van der Waals surface area contributed by atoms with Crippen molar-refractivity contribution in [2.75, 3.05) is 6.73 Å². The molecule has 0 aliphatic carbocycles. The van der Waals surface area contributed by atoms with E-state index in [1.807, 2.05) is 0 Å². The standard InChI is InChI=1S/C24H18FNO6/c25-18-8-5-15(6-9-18)13-31-24(30)16-7-10-21-20(11-16)22(27)26(14-32-21)12-17-3-1-2-4-19(17)23(28)29/h1-11H,12-14H2,(H,28,29). The molecule has 0 fully saturated rings. The predicted molar refractivity (Wildman–Crippen MR) is 111 cm³/mol. The van der Waals surface area contributed by atoms with Gasteiger partial charge in [-0.3, -0.25) is 4.79 Å². The van der Waals surface area contributed by atoms with Crippen LogP contribution in [0.4, 0.5) is 4.39 Å². The van der Waals surface area contributed by atoms with E-state index in [2.05, 4.69) is 0 Å². The highest BCUT2D eigenvalue weighted by molar-refractivity contribution is 6.01. The minimum atomic E-state index is -1.09. The smallest absolute Gasteiger partial charge is 0.338 e.